The van der Waals surface area contributed by atoms with E-state index in [2.05, 4.69) is 25.4 Å². The zero-order valence-corrected chi connectivity index (χ0v) is 22.5. The maximum absolute atomic E-state index is 13.4. The summed E-state index contributed by atoms with van der Waals surface area (Å²) in [7, 11) is 0. The highest BCUT2D eigenvalue weighted by Crippen LogP contribution is 2.35. The Morgan fingerprint density at radius 1 is 0.947 bits per heavy atom. The zero-order valence-electron chi connectivity index (χ0n) is 21.7. The van der Waals surface area contributed by atoms with Crippen LogP contribution in [0, 0.1) is 5.92 Å². The Balaban J connectivity index is 1.23. The maximum Gasteiger partial charge on any atom is 0.274 e. The number of hydrogen-bond donors (Lipinski definition) is 2. The number of nitrogens with one attached hydrogen (secondary N) is 2. The van der Waals surface area contributed by atoms with E-state index in [1.54, 1.807) is 17.4 Å². The molecule has 0 radical (unpaired) electrons. The highest BCUT2D eigenvalue weighted by atomic mass is 32.1. The summed E-state index contributed by atoms with van der Waals surface area (Å²) in [5.41, 5.74) is 1.82. The van der Waals surface area contributed by atoms with Gasteiger partial charge in [0.25, 0.3) is 5.91 Å². The van der Waals surface area contributed by atoms with E-state index < -0.39 is 0 Å². The second kappa shape index (κ2) is 11.8. The predicted molar refractivity (Wildman–Crippen MR) is 151 cm³/mol. The van der Waals surface area contributed by atoms with Gasteiger partial charge in [0.1, 0.15) is 11.5 Å². The molecule has 11 heteroatoms. The standard InChI is InChI=1S/C27H35N7O3S/c35-26(20-5-4-6-23(29-20)28-18-19-7-13-36-14-8-19)30-21-17-22-24(31-25(21)33-9-2-1-3-10-33)32-27(38-22)34-11-15-37-16-12-34/h4-6,17,19H,1-3,7-16,18H2,(H,28,29)(H,30,35). The van der Waals surface area contributed by atoms with E-state index in [9.17, 15) is 4.79 Å². The number of pyridine rings is 2. The lowest BCUT2D eigenvalue weighted by atomic mass is 10.0. The third-order valence-corrected chi connectivity index (χ3v) is 8.48. The summed E-state index contributed by atoms with van der Waals surface area (Å²) < 4.78 is 11.9. The maximum atomic E-state index is 13.4. The van der Waals surface area contributed by atoms with Crippen LogP contribution in [0.5, 0.6) is 0 Å². The summed E-state index contributed by atoms with van der Waals surface area (Å²) in [4.78, 5) is 32.3. The molecule has 0 saturated carbocycles. The largest absolute Gasteiger partial charge is 0.381 e. The first-order valence-electron chi connectivity index (χ1n) is 13.7. The summed E-state index contributed by atoms with van der Waals surface area (Å²) in [5, 5.41) is 7.49. The molecule has 3 aliphatic rings. The van der Waals surface area contributed by atoms with Crippen LogP contribution in [-0.2, 0) is 9.47 Å². The summed E-state index contributed by atoms with van der Waals surface area (Å²) >= 11 is 1.61. The zero-order chi connectivity index (χ0) is 25.7. The van der Waals surface area contributed by atoms with Crippen molar-refractivity contribution in [3.8, 4) is 0 Å². The summed E-state index contributed by atoms with van der Waals surface area (Å²) in [6, 6.07) is 7.57. The monoisotopic (exact) mass is 537 g/mol. The van der Waals surface area contributed by atoms with E-state index in [0.717, 1.165) is 92.9 Å². The van der Waals surface area contributed by atoms with Gasteiger partial charge in [0.2, 0.25) is 0 Å². The van der Waals surface area contributed by atoms with Crippen LogP contribution < -0.4 is 20.4 Å². The molecule has 0 unspecified atom stereocenters. The Morgan fingerprint density at radius 2 is 1.74 bits per heavy atom. The van der Waals surface area contributed by atoms with Gasteiger partial charge in [0, 0.05) is 45.9 Å². The van der Waals surface area contributed by atoms with Gasteiger partial charge in [0.05, 0.1) is 23.6 Å². The minimum absolute atomic E-state index is 0.239. The van der Waals surface area contributed by atoms with Crippen molar-refractivity contribution >= 4 is 50.0 Å². The number of nitrogens with zero attached hydrogens (tertiary/aromatic N) is 5. The van der Waals surface area contributed by atoms with E-state index in [4.69, 9.17) is 19.4 Å². The van der Waals surface area contributed by atoms with Gasteiger partial charge in [-0.1, -0.05) is 17.4 Å². The number of ether oxygens (including phenoxy) is 2. The number of fused-ring (bicyclic) bond motifs is 1. The average Bonchev–Trinajstić information content (AvgIpc) is 3.40. The van der Waals surface area contributed by atoms with Crippen LogP contribution in [0.3, 0.4) is 0 Å². The van der Waals surface area contributed by atoms with Crippen LogP contribution in [0.4, 0.5) is 22.5 Å². The highest BCUT2D eigenvalue weighted by Gasteiger charge is 2.23. The van der Waals surface area contributed by atoms with Crippen molar-refractivity contribution in [1.29, 1.82) is 0 Å². The topological polar surface area (TPSA) is 105 Å². The molecule has 0 bridgehead atoms. The number of carbonyl (C=O) groups is 1. The lowest BCUT2D eigenvalue weighted by molar-refractivity contribution is 0.0699. The first kappa shape index (κ1) is 25.3. The minimum atomic E-state index is -0.239. The second-order valence-corrected chi connectivity index (χ2v) is 11.1. The molecule has 3 aliphatic heterocycles. The molecule has 0 aliphatic carbocycles. The van der Waals surface area contributed by atoms with Crippen molar-refractivity contribution < 1.29 is 14.3 Å². The summed E-state index contributed by atoms with van der Waals surface area (Å²) in [6.45, 7) is 7.37. The summed E-state index contributed by atoms with van der Waals surface area (Å²) in [5.74, 6) is 1.83. The molecule has 2 N–H and O–H groups in total. The van der Waals surface area contributed by atoms with Gasteiger partial charge in [-0.25, -0.2) is 9.97 Å². The Labute approximate surface area is 226 Å². The molecule has 3 fully saturated rings. The lowest BCUT2D eigenvalue weighted by Gasteiger charge is -2.29. The van der Waals surface area contributed by atoms with Crippen LogP contribution in [0.1, 0.15) is 42.6 Å². The van der Waals surface area contributed by atoms with Crippen molar-refractivity contribution in [3.63, 3.8) is 0 Å². The second-order valence-electron chi connectivity index (χ2n) is 10.1. The Hall–Kier alpha value is -3.02. The molecule has 6 rings (SSSR count). The Bertz CT molecular complexity index is 1250. The van der Waals surface area contributed by atoms with Crippen molar-refractivity contribution in [2.75, 3.05) is 79.6 Å². The van der Waals surface area contributed by atoms with Gasteiger partial charge in [-0.3, -0.25) is 4.79 Å². The van der Waals surface area contributed by atoms with Gasteiger partial charge in [0.15, 0.2) is 16.6 Å². The van der Waals surface area contributed by atoms with Crippen LogP contribution in [0.15, 0.2) is 24.3 Å². The van der Waals surface area contributed by atoms with Crippen molar-refractivity contribution in [2.45, 2.75) is 32.1 Å². The molecule has 3 aromatic rings. The molecule has 0 aromatic carbocycles. The highest BCUT2D eigenvalue weighted by molar-refractivity contribution is 7.22. The molecule has 1 amide bonds. The molecule has 0 atom stereocenters. The lowest BCUT2D eigenvalue weighted by Crippen LogP contribution is -2.36. The normalized spacial score (nSPS) is 19.1. The minimum Gasteiger partial charge on any atom is -0.381 e. The average molecular weight is 538 g/mol. The van der Waals surface area contributed by atoms with Crippen LogP contribution in [0.2, 0.25) is 0 Å². The van der Waals surface area contributed by atoms with Crippen LogP contribution in [-0.4, -0.2) is 80.0 Å². The number of anilines is 4. The smallest absolute Gasteiger partial charge is 0.274 e. The van der Waals surface area contributed by atoms with Crippen LogP contribution in [0.25, 0.3) is 10.3 Å². The number of amides is 1. The number of piperidine rings is 1. The molecule has 38 heavy (non-hydrogen) atoms. The van der Waals surface area contributed by atoms with E-state index in [0.29, 0.717) is 36.3 Å². The predicted octanol–water partition coefficient (Wildman–Crippen LogP) is 4.00. The van der Waals surface area contributed by atoms with Crippen molar-refractivity contribution in [1.82, 2.24) is 15.0 Å². The SMILES string of the molecule is O=C(Nc1cc2sc(N3CCOCC3)nc2nc1N1CCCCC1)c1cccc(NCC2CCOCC2)n1. The fraction of sp³-hybridized carbons (Fsp3) is 0.556. The summed E-state index contributed by atoms with van der Waals surface area (Å²) in [6.07, 6.45) is 5.55. The van der Waals surface area contributed by atoms with Crippen molar-refractivity contribution in [3.05, 3.63) is 30.0 Å². The molecular formula is C27H35N7O3S. The fourth-order valence-electron chi connectivity index (χ4n) is 5.22. The van der Waals surface area contributed by atoms with Gasteiger partial charge >= 0.3 is 0 Å². The molecule has 0 spiro atoms. The third-order valence-electron chi connectivity index (χ3n) is 7.43. The number of morpholine rings is 1. The molecule has 202 valence electrons. The van der Waals surface area contributed by atoms with Gasteiger partial charge in [-0.2, -0.15) is 4.98 Å². The first-order chi connectivity index (χ1) is 18.7. The fourth-order valence-corrected chi connectivity index (χ4v) is 6.22. The number of thiazole rings is 1. The molecule has 10 nitrogen and oxygen atoms in total. The third kappa shape index (κ3) is 5.84. The molecule has 3 aromatic heterocycles. The molecule has 3 saturated heterocycles. The Morgan fingerprint density at radius 3 is 2.55 bits per heavy atom. The first-order valence-corrected chi connectivity index (χ1v) is 14.5. The number of carbonyl (C=O) groups excluding carboxylic acids is 1. The van der Waals surface area contributed by atoms with E-state index in [1.807, 2.05) is 18.2 Å². The van der Waals surface area contributed by atoms with E-state index in [-0.39, 0.29) is 5.91 Å². The Kier molecular flexibility index (Phi) is 7.84. The number of aromatic nitrogens is 3. The number of rotatable bonds is 7. The van der Waals surface area contributed by atoms with Crippen LogP contribution >= 0.6 is 11.3 Å². The molecule has 6 heterocycles. The van der Waals surface area contributed by atoms with Gasteiger partial charge in [-0.05, 0) is 56.2 Å². The quantitative estimate of drug-likeness (QED) is 0.463. The van der Waals surface area contributed by atoms with Gasteiger partial charge < -0.3 is 29.9 Å². The van der Waals surface area contributed by atoms with E-state index >= 15 is 0 Å². The van der Waals surface area contributed by atoms with E-state index in [1.165, 1.54) is 6.42 Å². The number of hydrogen-bond acceptors (Lipinski definition) is 10. The van der Waals surface area contributed by atoms with Gasteiger partial charge in [-0.15, -0.1) is 0 Å². The van der Waals surface area contributed by atoms with Crippen molar-refractivity contribution in [2.24, 2.45) is 5.92 Å². The molecular weight excluding hydrogens is 502 g/mol.